The highest BCUT2D eigenvalue weighted by atomic mass is 16.2. The summed E-state index contributed by atoms with van der Waals surface area (Å²) in [6.07, 6.45) is 4.25. The highest BCUT2D eigenvalue weighted by molar-refractivity contribution is 5.90. The van der Waals surface area contributed by atoms with E-state index in [0.717, 1.165) is 36.9 Å². The molecule has 0 heterocycles. The summed E-state index contributed by atoms with van der Waals surface area (Å²) in [4.78, 5) is 27.3. The molecule has 0 aliphatic heterocycles. The third-order valence-electron chi connectivity index (χ3n) is 5.94. The van der Waals surface area contributed by atoms with Crippen LogP contribution in [0.25, 0.3) is 0 Å². The molecule has 0 aromatic heterocycles. The largest absolute Gasteiger partial charge is 0.349 e. The molecule has 2 atom stereocenters. The van der Waals surface area contributed by atoms with Gasteiger partial charge in [0.05, 0.1) is 6.04 Å². The predicted molar refractivity (Wildman–Crippen MR) is 122 cm³/mol. The van der Waals surface area contributed by atoms with Gasteiger partial charge in [0, 0.05) is 24.7 Å². The van der Waals surface area contributed by atoms with Crippen LogP contribution in [0.2, 0.25) is 0 Å². The summed E-state index contributed by atoms with van der Waals surface area (Å²) in [6, 6.07) is 16.1. The van der Waals surface area contributed by atoms with Gasteiger partial charge >= 0.3 is 6.03 Å². The van der Waals surface area contributed by atoms with Crippen LogP contribution in [0.1, 0.15) is 62.3 Å². The Morgan fingerprint density at radius 2 is 1.97 bits per heavy atom. The van der Waals surface area contributed by atoms with E-state index in [1.54, 1.807) is 4.90 Å². The number of benzene rings is 2. The van der Waals surface area contributed by atoms with E-state index in [-0.39, 0.29) is 24.0 Å². The van der Waals surface area contributed by atoms with Crippen molar-refractivity contribution < 1.29 is 9.59 Å². The Hall–Kier alpha value is -2.82. The fourth-order valence-electron chi connectivity index (χ4n) is 4.05. The Bertz CT molecular complexity index is 880. The zero-order valence-electron chi connectivity index (χ0n) is 18.3. The summed E-state index contributed by atoms with van der Waals surface area (Å²) in [5.74, 6) is -0.00615. The molecule has 0 saturated heterocycles. The lowest BCUT2D eigenvalue weighted by Gasteiger charge is -2.30. The minimum atomic E-state index is -0.161. The van der Waals surface area contributed by atoms with Gasteiger partial charge in [0.15, 0.2) is 0 Å². The van der Waals surface area contributed by atoms with E-state index >= 15 is 0 Å². The van der Waals surface area contributed by atoms with Crippen molar-refractivity contribution in [3.05, 3.63) is 65.2 Å². The van der Waals surface area contributed by atoms with Crippen LogP contribution < -0.4 is 10.6 Å². The van der Waals surface area contributed by atoms with Crippen molar-refractivity contribution in [3.63, 3.8) is 0 Å². The number of hydrogen-bond acceptors (Lipinski definition) is 2. The molecular weight excluding hydrogens is 374 g/mol. The van der Waals surface area contributed by atoms with E-state index in [4.69, 9.17) is 0 Å². The fourth-order valence-corrected chi connectivity index (χ4v) is 4.05. The molecule has 0 fully saturated rings. The van der Waals surface area contributed by atoms with Crippen LogP contribution in [0.15, 0.2) is 48.5 Å². The highest BCUT2D eigenvalue weighted by Crippen LogP contribution is 2.29. The Labute approximate surface area is 179 Å². The number of carbonyl (C=O) groups is 2. The number of anilines is 1. The van der Waals surface area contributed by atoms with Crippen LogP contribution >= 0.6 is 0 Å². The van der Waals surface area contributed by atoms with Crippen LogP contribution in [0.4, 0.5) is 10.5 Å². The normalized spacial score (nSPS) is 16.3. The second-order valence-corrected chi connectivity index (χ2v) is 8.21. The summed E-state index contributed by atoms with van der Waals surface area (Å²) in [5.41, 5.74) is 4.42. The lowest BCUT2D eigenvalue weighted by molar-refractivity contribution is -0.122. The molecule has 5 nitrogen and oxygen atoms in total. The second kappa shape index (κ2) is 10.3. The maximum atomic E-state index is 12.9. The molecule has 160 valence electrons. The third kappa shape index (κ3) is 5.62. The topological polar surface area (TPSA) is 61.4 Å². The lowest BCUT2D eigenvalue weighted by Crippen LogP contribution is -2.43. The first-order valence-electron chi connectivity index (χ1n) is 11.0. The number of urea groups is 1. The van der Waals surface area contributed by atoms with Gasteiger partial charge in [-0.3, -0.25) is 4.79 Å². The molecule has 0 radical (unpaired) electrons. The quantitative estimate of drug-likeness (QED) is 0.662. The number of rotatable bonds is 7. The Balaban J connectivity index is 1.59. The van der Waals surface area contributed by atoms with Gasteiger partial charge in [0.2, 0.25) is 5.91 Å². The van der Waals surface area contributed by atoms with Gasteiger partial charge in [-0.05, 0) is 68.4 Å². The Morgan fingerprint density at radius 3 is 2.73 bits per heavy atom. The van der Waals surface area contributed by atoms with Crippen molar-refractivity contribution in [2.24, 2.45) is 0 Å². The SMILES string of the molecule is CCC(C)N(CCC(=O)NC1CCCc2ccccc21)C(=O)Nc1cccc(C)c1. The van der Waals surface area contributed by atoms with Crippen molar-refractivity contribution in [1.82, 2.24) is 10.2 Å². The summed E-state index contributed by atoms with van der Waals surface area (Å²) < 4.78 is 0. The van der Waals surface area contributed by atoms with E-state index < -0.39 is 0 Å². The molecule has 5 heteroatoms. The molecule has 30 heavy (non-hydrogen) atoms. The number of nitrogens with one attached hydrogen (secondary N) is 2. The van der Waals surface area contributed by atoms with Crippen molar-refractivity contribution in [2.45, 2.75) is 65.0 Å². The van der Waals surface area contributed by atoms with Crippen LogP contribution in [0.5, 0.6) is 0 Å². The lowest BCUT2D eigenvalue weighted by atomic mass is 9.87. The van der Waals surface area contributed by atoms with Gasteiger partial charge in [-0.2, -0.15) is 0 Å². The smallest absolute Gasteiger partial charge is 0.322 e. The van der Waals surface area contributed by atoms with Crippen LogP contribution in [0, 0.1) is 6.92 Å². The molecule has 0 saturated carbocycles. The molecule has 0 spiro atoms. The predicted octanol–water partition coefficient (Wildman–Crippen LogP) is 5.21. The number of fused-ring (bicyclic) bond motifs is 1. The van der Waals surface area contributed by atoms with E-state index in [0.29, 0.717) is 13.0 Å². The van der Waals surface area contributed by atoms with Gasteiger partial charge in [-0.1, -0.05) is 43.3 Å². The van der Waals surface area contributed by atoms with Crippen LogP contribution in [0.3, 0.4) is 0 Å². The summed E-state index contributed by atoms with van der Waals surface area (Å²) >= 11 is 0. The average Bonchev–Trinajstić information content (AvgIpc) is 2.74. The molecule has 1 aliphatic rings. The number of aryl methyl sites for hydroxylation is 2. The van der Waals surface area contributed by atoms with Gasteiger partial charge in [-0.15, -0.1) is 0 Å². The molecule has 1 aliphatic carbocycles. The molecule has 2 unspecified atom stereocenters. The highest BCUT2D eigenvalue weighted by Gasteiger charge is 2.23. The van der Waals surface area contributed by atoms with E-state index in [1.807, 2.05) is 44.2 Å². The van der Waals surface area contributed by atoms with E-state index in [1.165, 1.54) is 11.1 Å². The van der Waals surface area contributed by atoms with E-state index in [9.17, 15) is 9.59 Å². The van der Waals surface area contributed by atoms with Gasteiger partial charge < -0.3 is 15.5 Å². The van der Waals surface area contributed by atoms with Crippen molar-refractivity contribution in [1.29, 1.82) is 0 Å². The minimum Gasteiger partial charge on any atom is -0.349 e. The van der Waals surface area contributed by atoms with Crippen molar-refractivity contribution >= 4 is 17.6 Å². The first-order chi connectivity index (χ1) is 14.5. The fraction of sp³-hybridized carbons (Fsp3) is 0.440. The summed E-state index contributed by atoms with van der Waals surface area (Å²) in [5, 5.41) is 6.16. The first kappa shape index (κ1) is 21.9. The van der Waals surface area contributed by atoms with Gasteiger partial charge in [0.1, 0.15) is 0 Å². The van der Waals surface area contributed by atoms with Crippen LogP contribution in [-0.2, 0) is 11.2 Å². The Morgan fingerprint density at radius 1 is 1.17 bits per heavy atom. The minimum absolute atomic E-state index is 0.00615. The number of carbonyl (C=O) groups excluding carboxylic acids is 2. The molecule has 2 aromatic rings. The zero-order chi connectivity index (χ0) is 21.5. The molecule has 3 rings (SSSR count). The van der Waals surface area contributed by atoms with Crippen LogP contribution in [-0.4, -0.2) is 29.4 Å². The Kier molecular flexibility index (Phi) is 7.50. The maximum Gasteiger partial charge on any atom is 0.322 e. The third-order valence-corrected chi connectivity index (χ3v) is 5.94. The zero-order valence-corrected chi connectivity index (χ0v) is 18.3. The maximum absolute atomic E-state index is 12.9. The second-order valence-electron chi connectivity index (χ2n) is 8.21. The van der Waals surface area contributed by atoms with Crippen molar-refractivity contribution in [2.75, 3.05) is 11.9 Å². The monoisotopic (exact) mass is 407 g/mol. The van der Waals surface area contributed by atoms with E-state index in [2.05, 4.69) is 35.8 Å². The molecule has 3 amide bonds. The summed E-state index contributed by atoms with van der Waals surface area (Å²) in [6.45, 7) is 6.46. The number of nitrogens with zero attached hydrogens (tertiary/aromatic N) is 1. The molecule has 2 aromatic carbocycles. The number of amides is 3. The molecule has 2 N–H and O–H groups in total. The molecule has 0 bridgehead atoms. The number of hydrogen-bond donors (Lipinski definition) is 2. The van der Waals surface area contributed by atoms with Crippen molar-refractivity contribution in [3.8, 4) is 0 Å². The molecular formula is C25H33N3O2. The average molecular weight is 408 g/mol. The first-order valence-corrected chi connectivity index (χ1v) is 11.0. The summed E-state index contributed by atoms with van der Waals surface area (Å²) in [7, 11) is 0. The van der Waals surface area contributed by atoms with Gasteiger partial charge in [0.25, 0.3) is 0 Å². The standard InChI is InChI=1S/C25H33N3O2/c1-4-19(3)28(25(30)26-21-12-7-9-18(2)17-21)16-15-24(29)27-23-14-8-11-20-10-5-6-13-22(20)23/h5-7,9-10,12-13,17,19,23H,4,8,11,14-16H2,1-3H3,(H,26,30)(H,27,29). The van der Waals surface area contributed by atoms with Gasteiger partial charge in [-0.25, -0.2) is 4.79 Å².